The quantitative estimate of drug-likeness (QED) is 0.478. The summed E-state index contributed by atoms with van der Waals surface area (Å²) < 4.78 is 4.97. The number of ether oxygens (including phenoxy) is 1. The number of carbonyl (C=O) groups excluding carboxylic acids is 1. The molecule has 0 heterocycles. The number of benzene rings is 1. The van der Waals surface area contributed by atoms with E-state index in [0.29, 0.717) is 12.1 Å². The third-order valence-electron chi connectivity index (χ3n) is 2.47. The molecule has 1 aromatic carbocycles. The Kier molecular flexibility index (Phi) is 6.14. The number of hydrogen-bond donors (Lipinski definition) is 2. The maximum atomic E-state index is 11.3. The van der Waals surface area contributed by atoms with Gasteiger partial charge in [0.05, 0.1) is 4.92 Å². The Hall–Kier alpha value is -1.76. The van der Waals surface area contributed by atoms with Crippen molar-refractivity contribution < 1.29 is 14.5 Å². The number of carbonyl (C=O) groups is 1. The second kappa shape index (κ2) is 7.63. The Labute approximate surface area is 116 Å². The van der Waals surface area contributed by atoms with Gasteiger partial charge in [0, 0.05) is 23.9 Å². The highest BCUT2D eigenvalue weighted by molar-refractivity contribution is 7.81. The molecule has 0 spiro atoms. The minimum atomic E-state index is -0.522. The fourth-order valence-electron chi connectivity index (χ4n) is 1.26. The summed E-state index contributed by atoms with van der Waals surface area (Å²) >= 11 is 4.24. The first-order chi connectivity index (χ1) is 9.02. The van der Waals surface area contributed by atoms with E-state index in [2.05, 4.69) is 17.9 Å². The van der Waals surface area contributed by atoms with Crippen LogP contribution in [0.25, 0.3) is 0 Å². The van der Waals surface area contributed by atoms with Gasteiger partial charge in [-0.1, -0.05) is 6.92 Å². The number of nitro benzene ring substituents is 1. The molecule has 1 atom stereocenters. The van der Waals surface area contributed by atoms with Crippen LogP contribution in [0.3, 0.4) is 0 Å². The SMILES string of the molecule is CCC(S)CNC(=O)OCc1ccc([N+](=O)[O-])cc1. The molecule has 0 aliphatic rings. The van der Waals surface area contributed by atoms with Gasteiger partial charge in [0.2, 0.25) is 0 Å². The van der Waals surface area contributed by atoms with Gasteiger partial charge in [-0.15, -0.1) is 0 Å². The van der Waals surface area contributed by atoms with Crippen LogP contribution in [0.2, 0.25) is 0 Å². The zero-order chi connectivity index (χ0) is 14.3. The topological polar surface area (TPSA) is 81.5 Å². The Morgan fingerprint density at radius 2 is 2.11 bits per heavy atom. The Morgan fingerprint density at radius 3 is 2.63 bits per heavy atom. The summed E-state index contributed by atoms with van der Waals surface area (Å²) in [4.78, 5) is 21.3. The fourth-order valence-corrected chi connectivity index (χ4v) is 1.35. The van der Waals surface area contributed by atoms with Crippen molar-refractivity contribution in [3.63, 3.8) is 0 Å². The highest BCUT2D eigenvalue weighted by Gasteiger charge is 2.07. The fraction of sp³-hybridized carbons (Fsp3) is 0.417. The van der Waals surface area contributed by atoms with Gasteiger partial charge in [0.1, 0.15) is 6.61 Å². The molecular formula is C12H16N2O4S. The van der Waals surface area contributed by atoms with E-state index in [1.54, 1.807) is 12.1 Å². The third-order valence-corrected chi connectivity index (χ3v) is 3.02. The van der Waals surface area contributed by atoms with Gasteiger partial charge in [-0.05, 0) is 24.1 Å². The van der Waals surface area contributed by atoms with Gasteiger partial charge in [-0.3, -0.25) is 10.1 Å². The molecule has 1 amide bonds. The van der Waals surface area contributed by atoms with Crippen molar-refractivity contribution in [1.29, 1.82) is 0 Å². The van der Waals surface area contributed by atoms with Crippen molar-refractivity contribution in [2.75, 3.05) is 6.54 Å². The van der Waals surface area contributed by atoms with Gasteiger partial charge in [-0.2, -0.15) is 12.6 Å². The maximum absolute atomic E-state index is 11.3. The van der Waals surface area contributed by atoms with Crippen LogP contribution in [-0.2, 0) is 11.3 Å². The van der Waals surface area contributed by atoms with E-state index >= 15 is 0 Å². The van der Waals surface area contributed by atoms with Gasteiger partial charge in [-0.25, -0.2) is 4.79 Å². The standard InChI is InChI=1S/C12H16N2O4S/c1-2-11(19)7-13-12(15)18-8-9-3-5-10(6-4-9)14(16)17/h3-6,11,19H,2,7-8H2,1H3,(H,13,15). The van der Waals surface area contributed by atoms with Crippen LogP contribution in [0.1, 0.15) is 18.9 Å². The number of amides is 1. The first kappa shape index (κ1) is 15.3. The molecule has 0 fully saturated rings. The molecule has 0 saturated carbocycles. The molecule has 0 radical (unpaired) electrons. The molecule has 1 rings (SSSR count). The molecule has 0 bridgehead atoms. The lowest BCUT2D eigenvalue weighted by Crippen LogP contribution is -2.29. The smallest absolute Gasteiger partial charge is 0.407 e. The van der Waals surface area contributed by atoms with Crippen molar-refractivity contribution in [1.82, 2.24) is 5.32 Å². The van der Waals surface area contributed by atoms with Crippen LogP contribution in [0.15, 0.2) is 24.3 Å². The summed E-state index contributed by atoms with van der Waals surface area (Å²) in [6.45, 7) is 2.49. The number of rotatable bonds is 6. The molecule has 104 valence electrons. The predicted octanol–water partition coefficient (Wildman–Crippen LogP) is 2.53. The van der Waals surface area contributed by atoms with Crippen LogP contribution in [0, 0.1) is 10.1 Å². The number of nitrogens with one attached hydrogen (secondary N) is 1. The number of nitro groups is 1. The zero-order valence-electron chi connectivity index (χ0n) is 10.5. The van der Waals surface area contributed by atoms with Crippen molar-refractivity contribution in [3.05, 3.63) is 39.9 Å². The number of hydrogen-bond acceptors (Lipinski definition) is 5. The summed E-state index contributed by atoms with van der Waals surface area (Å²) in [5.41, 5.74) is 0.702. The van der Waals surface area contributed by atoms with Crippen molar-refractivity contribution in [2.45, 2.75) is 25.2 Å². The average molecular weight is 284 g/mol. The van der Waals surface area contributed by atoms with Crippen LogP contribution >= 0.6 is 12.6 Å². The monoisotopic (exact) mass is 284 g/mol. The lowest BCUT2D eigenvalue weighted by molar-refractivity contribution is -0.384. The van der Waals surface area contributed by atoms with E-state index in [0.717, 1.165) is 6.42 Å². The molecule has 0 saturated heterocycles. The number of thiol groups is 1. The molecule has 0 aliphatic heterocycles. The van der Waals surface area contributed by atoms with Crippen LogP contribution < -0.4 is 5.32 Å². The van der Waals surface area contributed by atoms with E-state index in [9.17, 15) is 14.9 Å². The van der Waals surface area contributed by atoms with E-state index < -0.39 is 11.0 Å². The second-order valence-corrected chi connectivity index (χ2v) is 4.67. The molecule has 6 nitrogen and oxygen atoms in total. The van der Waals surface area contributed by atoms with Crippen molar-refractivity contribution in [2.24, 2.45) is 0 Å². The Balaban J connectivity index is 2.35. The molecular weight excluding hydrogens is 268 g/mol. The molecule has 1 N–H and O–H groups in total. The number of nitrogens with zero attached hydrogens (tertiary/aromatic N) is 1. The molecule has 7 heteroatoms. The van der Waals surface area contributed by atoms with Crippen molar-refractivity contribution >= 4 is 24.4 Å². The van der Waals surface area contributed by atoms with Crippen LogP contribution in [-0.4, -0.2) is 22.8 Å². The number of alkyl carbamates (subject to hydrolysis) is 1. The van der Waals surface area contributed by atoms with Gasteiger partial charge in [0.15, 0.2) is 0 Å². The van der Waals surface area contributed by atoms with Gasteiger partial charge >= 0.3 is 6.09 Å². The van der Waals surface area contributed by atoms with E-state index in [-0.39, 0.29) is 17.5 Å². The van der Waals surface area contributed by atoms with Crippen LogP contribution in [0.4, 0.5) is 10.5 Å². The summed E-state index contributed by atoms with van der Waals surface area (Å²) in [5.74, 6) is 0. The molecule has 1 aromatic rings. The maximum Gasteiger partial charge on any atom is 0.407 e. The summed E-state index contributed by atoms with van der Waals surface area (Å²) in [5, 5.41) is 13.1. The largest absolute Gasteiger partial charge is 0.445 e. The molecule has 0 aromatic heterocycles. The van der Waals surface area contributed by atoms with Gasteiger partial charge < -0.3 is 10.1 Å². The first-order valence-electron chi connectivity index (χ1n) is 5.85. The highest BCUT2D eigenvalue weighted by Crippen LogP contribution is 2.12. The van der Waals surface area contributed by atoms with E-state index in [4.69, 9.17) is 4.74 Å². The summed E-state index contributed by atoms with van der Waals surface area (Å²) in [6.07, 6.45) is 0.331. The predicted molar refractivity (Wildman–Crippen MR) is 74.3 cm³/mol. The van der Waals surface area contributed by atoms with Crippen molar-refractivity contribution in [3.8, 4) is 0 Å². The van der Waals surface area contributed by atoms with E-state index in [1.807, 2.05) is 6.92 Å². The number of non-ortho nitro benzene ring substituents is 1. The second-order valence-electron chi connectivity index (χ2n) is 3.94. The normalized spacial score (nSPS) is 11.7. The Bertz CT molecular complexity index is 436. The highest BCUT2D eigenvalue weighted by atomic mass is 32.1. The average Bonchev–Trinajstić information content (AvgIpc) is 2.42. The third kappa shape index (κ3) is 5.60. The van der Waals surface area contributed by atoms with Crippen LogP contribution in [0.5, 0.6) is 0 Å². The van der Waals surface area contributed by atoms with Gasteiger partial charge in [0.25, 0.3) is 5.69 Å². The minimum Gasteiger partial charge on any atom is -0.445 e. The molecule has 1 unspecified atom stereocenters. The lowest BCUT2D eigenvalue weighted by Gasteiger charge is -2.10. The Morgan fingerprint density at radius 1 is 1.47 bits per heavy atom. The first-order valence-corrected chi connectivity index (χ1v) is 6.36. The zero-order valence-corrected chi connectivity index (χ0v) is 11.4. The summed E-state index contributed by atoms with van der Waals surface area (Å²) in [6, 6.07) is 5.85. The minimum absolute atomic E-state index is 0.00839. The lowest BCUT2D eigenvalue weighted by atomic mass is 10.2. The molecule has 0 aliphatic carbocycles. The molecule has 19 heavy (non-hydrogen) atoms. The summed E-state index contributed by atoms with van der Waals surface area (Å²) in [7, 11) is 0. The van der Waals surface area contributed by atoms with E-state index in [1.165, 1.54) is 12.1 Å².